The number of nitrogens with zero attached hydrogens (tertiary/aromatic N) is 1. The van der Waals surface area contributed by atoms with Gasteiger partial charge in [-0.25, -0.2) is 8.42 Å². The molecule has 0 aliphatic carbocycles. The summed E-state index contributed by atoms with van der Waals surface area (Å²) in [5.74, 6) is 0. The molecule has 1 heterocycles. The van der Waals surface area contributed by atoms with Gasteiger partial charge in [-0.3, -0.25) is 0 Å². The van der Waals surface area contributed by atoms with E-state index in [1.54, 1.807) is 25.1 Å². The van der Waals surface area contributed by atoms with Gasteiger partial charge in [-0.15, -0.1) is 0 Å². The van der Waals surface area contributed by atoms with Crippen molar-refractivity contribution in [2.75, 3.05) is 13.1 Å². The highest BCUT2D eigenvalue weighted by Crippen LogP contribution is 2.27. The summed E-state index contributed by atoms with van der Waals surface area (Å²) in [7, 11) is -3.18. The van der Waals surface area contributed by atoms with Crippen LogP contribution in [0, 0.1) is 0 Å². The van der Waals surface area contributed by atoms with E-state index in [4.69, 9.17) is 5.73 Å². The zero-order valence-electron chi connectivity index (χ0n) is 9.16. The summed E-state index contributed by atoms with van der Waals surface area (Å²) in [5, 5.41) is 0. The summed E-state index contributed by atoms with van der Waals surface area (Å²) in [6.45, 7) is 6.24. The molecule has 0 aromatic carbocycles. The molecule has 84 valence electrons. The van der Waals surface area contributed by atoms with Gasteiger partial charge in [0.05, 0.1) is 4.75 Å². The lowest BCUT2D eigenvalue weighted by atomic mass is 10.2. The monoisotopic (exact) mass is 220 g/mol. The van der Waals surface area contributed by atoms with Crippen molar-refractivity contribution in [1.82, 2.24) is 4.31 Å². The van der Waals surface area contributed by atoms with Crippen LogP contribution in [0.5, 0.6) is 0 Å². The maximum atomic E-state index is 12.1. The van der Waals surface area contributed by atoms with Crippen molar-refractivity contribution in [3.63, 3.8) is 0 Å². The summed E-state index contributed by atoms with van der Waals surface area (Å²) in [6, 6.07) is 0.0132. The van der Waals surface area contributed by atoms with Crippen LogP contribution in [-0.4, -0.2) is 36.6 Å². The molecule has 1 fully saturated rings. The lowest BCUT2D eigenvalue weighted by Crippen LogP contribution is -2.47. The van der Waals surface area contributed by atoms with Crippen molar-refractivity contribution >= 4 is 10.0 Å². The highest BCUT2D eigenvalue weighted by atomic mass is 32.2. The molecule has 0 aromatic heterocycles. The molecule has 1 unspecified atom stereocenters. The van der Waals surface area contributed by atoms with Gasteiger partial charge in [0.1, 0.15) is 0 Å². The third-order valence-corrected chi connectivity index (χ3v) is 5.32. The minimum absolute atomic E-state index is 0.0132. The standard InChI is InChI=1S/C9H20N2O2S/c1-9(2,3)14(12,13)11-6-4-5-8(11)7-10/h8H,4-7,10H2,1-3H3. The first-order valence-corrected chi connectivity index (χ1v) is 6.46. The zero-order chi connectivity index (χ0) is 11.0. The molecule has 0 radical (unpaired) electrons. The topological polar surface area (TPSA) is 63.4 Å². The molecule has 1 aliphatic rings. The normalized spacial score (nSPS) is 25.6. The maximum absolute atomic E-state index is 12.1. The summed E-state index contributed by atoms with van der Waals surface area (Å²) < 4.78 is 25.0. The van der Waals surface area contributed by atoms with Gasteiger partial charge < -0.3 is 5.73 Å². The minimum Gasteiger partial charge on any atom is -0.329 e. The van der Waals surface area contributed by atoms with Crippen molar-refractivity contribution < 1.29 is 8.42 Å². The molecule has 1 aliphatic heterocycles. The van der Waals surface area contributed by atoms with Crippen molar-refractivity contribution in [1.29, 1.82) is 0 Å². The molecule has 14 heavy (non-hydrogen) atoms. The molecular formula is C9H20N2O2S. The Kier molecular flexibility index (Phi) is 3.23. The Morgan fingerprint density at radius 3 is 2.43 bits per heavy atom. The zero-order valence-corrected chi connectivity index (χ0v) is 9.97. The molecule has 0 spiro atoms. The summed E-state index contributed by atoms with van der Waals surface area (Å²) in [6.07, 6.45) is 1.82. The number of hydrogen-bond acceptors (Lipinski definition) is 3. The minimum atomic E-state index is -3.18. The van der Waals surface area contributed by atoms with Crippen LogP contribution in [-0.2, 0) is 10.0 Å². The first-order chi connectivity index (χ1) is 6.30. The van der Waals surface area contributed by atoms with Gasteiger partial charge in [-0.2, -0.15) is 4.31 Å². The molecule has 0 amide bonds. The third kappa shape index (κ3) is 1.94. The highest BCUT2D eigenvalue weighted by Gasteiger charge is 2.40. The Bertz CT molecular complexity index is 292. The lowest BCUT2D eigenvalue weighted by Gasteiger charge is -2.30. The predicted molar refractivity (Wildman–Crippen MR) is 57.5 cm³/mol. The van der Waals surface area contributed by atoms with Crippen LogP contribution >= 0.6 is 0 Å². The first kappa shape index (κ1) is 11.9. The summed E-state index contributed by atoms with van der Waals surface area (Å²) in [5.41, 5.74) is 5.56. The van der Waals surface area contributed by atoms with Crippen LogP contribution in [0.2, 0.25) is 0 Å². The van der Waals surface area contributed by atoms with Gasteiger partial charge in [0, 0.05) is 19.1 Å². The quantitative estimate of drug-likeness (QED) is 0.738. The largest absolute Gasteiger partial charge is 0.329 e. The smallest absolute Gasteiger partial charge is 0.219 e. The fourth-order valence-electron chi connectivity index (χ4n) is 1.71. The van der Waals surface area contributed by atoms with Gasteiger partial charge in [-0.05, 0) is 33.6 Å². The molecule has 0 bridgehead atoms. The fourth-order valence-corrected chi connectivity index (χ4v) is 3.37. The van der Waals surface area contributed by atoms with E-state index >= 15 is 0 Å². The Morgan fingerprint density at radius 1 is 1.43 bits per heavy atom. The highest BCUT2D eigenvalue weighted by molar-refractivity contribution is 7.90. The van der Waals surface area contributed by atoms with Crippen molar-refractivity contribution in [2.24, 2.45) is 5.73 Å². The Balaban J connectivity index is 2.93. The summed E-state index contributed by atoms with van der Waals surface area (Å²) >= 11 is 0. The second kappa shape index (κ2) is 3.79. The van der Waals surface area contributed by atoms with Crippen LogP contribution in [0.3, 0.4) is 0 Å². The molecule has 1 rings (SSSR count). The average Bonchev–Trinajstić information content (AvgIpc) is 2.49. The predicted octanol–water partition coefficient (Wildman–Crippen LogP) is 0.538. The third-order valence-electron chi connectivity index (χ3n) is 2.68. The lowest BCUT2D eigenvalue weighted by molar-refractivity contribution is 0.378. The number of rotatable bonds is 2. The van der Waals surface area contributed by atoms with E-state index < -0.39 is 14.8 Å². The van der Waals surface area contributed by atoms with E-state index in [1.807, 2.05) is 0 Å². The van der Waals surface area contributed by atoms with Gasteiger partial charge in [0.15, 0.2) is 0 Å². The molecule has 5 heteroatoms. The second-order valence-electron chi connectivity index (χ2n) is 4.76. The van der Waals surface area contributed by atoms with Gasteiger partial charge in [-0.1, -0.05) is 0 Å². The number of sulfonamides is 1. The Morgan fingerprint density at radius 2 is 2.00 bits per heavy atom. The fraction of sp³-hybridized carbons (Fsp3) is 1.00. The van der Waals surface area contributed by atoms with E-state index in [-0.39, 0.29) is 6.04 Å². The van der Waals surface area contributed by atoms with Gasteiger partial charge >= 0.3 is 0 Å². The summed E-state index contributed by atoms with van der Waals surface area (Å²) in [4.78, 5) is 0. The molecule has 1 saturated heterocycles. The van der Waals surface area contributed by atoms with E-state index in [2.05, 4.69) is 0 Å². The van der Waals surface area contributed by atoms with E-state index in [0.29, 0.717) is 13.1 Å². The van der Waals surface area contributed by atoms with Crippen LogP contribution in [0.15, 0.2) is 0 Å². The van der Waals surface area contributed by atoms with E-state index in [1.165, 1.54) is 0 Å². The van der Waals surface area contributed by atoms with Gasteiger partial charge in [0.25, 0.3) is 0 Å². The van der Waals surface area contributed by atoms with E-state index in [9.17, 15) is 8.42 Å². The SMILES string of the molecule is CC(C)(C)S(=O)(=O)N1CCCC1CN. The van der Waals surface area contributed by atoms with Crippen LogP contribution < -0.4 is 5.73 Å². The van der Waals surface area contributed by atoms with Crippen LogP contribution in [0.1, 0.15) is 33.6 Å². The molecular weight excluding hydrogens is 200 g/mol. The first-order valence-electron chi connectivity index (χ1n) is 5.02. The Labute approximate surface area is 86.5 Å². The molecule has 4 nitrogen and oxygen atoms in total. The number of hydrogen-bond donors (Lipinski definition) is 1. The molecule has 1 atom stereocenters. The van der Waals surface area contributed by atoms with Crippen LogP contribution in [0.4, 0.5) is 0 Å². The average molecular weight is 220 g/mol. The van der Waals surface area contributed by atoms with E-state index in [0.717, 1.165) is 12.8 Å². The molecule has 0 aromatic rings. The van der Waals surface area contributed by atoms with Crippen LogP contribution in [0.25, 0.3) is 0 Å². The van der Waals surface area contributed by atoms with Crippen molar-refractivity contribution in [3.8, 4) is 0 Å². The molecule has 2 N–H and O–H groups in total. The maximum Gasteiger partial charge on any atom is 0.219 e. The molecule has 0 saturated carbocycles. The second-order valence-corrected chi connectivity index (χ2v) is 7.40. The van der Waals surface area contributed by atoms with Crippen molar-refractivity contribution in [2.45, 2.75) is 44.4 Å². The Hall–Kier alpha value is -0.130. The number of nitrogens with two attached hydrogens (primary N) is 1. The van der Waals surface area contributed by atoms with Gasteiger partial charge in [0.2, 0.25) is 10.0 Å². The van der Waals surface area contributed by atoms with Crippen molar-refractivity contribution in [3.05, 3.63) is 0 Å².